The van der Waals surface area contributed by atoms with Gasteiger partial charge in [-0.2, -0.15) is 0 Å². The maximum atomic E-state index is 13.1. The first kappa shape index (κ1) is 25.4. The third-order valence-corrected chi connectivity index (χ3v) is 7.50. The summed E-state index contributed by atoms with van der Waals surface area (Å²) in [5, 5.41) is 3.44. The lowest BCUT2D eigenvalue weighted by Gasteiger charge is -2.14. The van der Waals surface area contributed by atoms with Crippen molar-refractivity contribution in [2.75, 3.05) is 18.7 Å². The maximum Gasteiger partial charge on any atom is 0.266 e. The van der Waals surface area contributed by atoms with Gasteiger partial charge in [0, 0.05) is 5.69 Å². The Bertz CT molecular complexity index is 1450. The van der Waals surface area contributed by atoms with Crippen molar-refractivity contribution in [1.29, 1.82) is 0 Å². The van der Waals surface area contributed by atoms with Crippen LogP contribution in [0.5, 0.6) is 17.2 Å². The van der Waals surface area contributed by atoms with Crippen LogP contribution in [-0.2, 0) is 16.1 Å². The molecule has 0 aromatic heterocycles. The average molecular weight is 573 g/mol. The zero-order valence-corrected chi connectivity index (χ0v) is 22.2. The molecule has 0 bridgehead atoms. The molecule has 7 nitrogen and oxygen atoms in total. The average Bonchev–Trinajstić information content (AvgIpc) is 3.45. The van der Waals surface area contributed by atoms with E-state index in [-0.39, 0.29) is 25.2 Å². The Kier molecular flexibility index (Phi) is 7.57. The van der Waals surface area contributed by atoms with Gasteiger partial charge < -0.3 is 19.5 Å². The summed E-state index contributed by atoms with van der Waals surface area (Å²) < 4.78 is 16.9. The lowest BCUT2D eigenvalue weighted by Crippen LogP contribution is -2.27. The lowest BCUT2D eigenvalue weighted by molar-refractivity contribution is -0.122. The number of ether oxygens (including phenoxy) is 3. The normalized spacial score (nSPS) is 15.4. The Hall–Kier alpha value is -3.24. The molecule has 2 amide bonds. The molecular formula is C26H18Cl2N2O5S2. The first-order chi connectivity index (χ1) is 17.9. The highest BCUT2D eigenvalue weighted by Gasteiger charge is 2.32. The van der Waals surface area contributed by atoms with Crippen LogP contribution in [0.1, 0.15) is 11.1 Å². The number of rotatable bonds is 7. The van der Waals surface area contributed by atoms with E-state index >= 15 is 0 Å². The summed E-state index contributed by atoms with van der Waals surface area (Å²) >= 11 is 18.6. The number of hydrogen-bond acceptors (Lipinski definition) is 7. The molecule has 3 aromatic rings. The zero-order valence-electron chi connectivity index (χ0n) is 19.0. The van der Waals surface area contributed by atoms with Crippen LogP contribution in [-0.4, -0.2) is 34.4 Å². The minimum atomic E-state index is -0.354. The number of nitrogens with one attached hydrogen (secondary N) is 1. The molecule has 0 radical (unpaired) electrons. The van der Waals surface area contributed by atoms with E-state index in [1.165, 1.54) is 11.8 Å². The fourth-order valence-corrected chi connectivity index (χ4v) is 5.18. The summed E-state index contributed by atoms with van der Waals surface area (Å²) in [6.45, 7) is 0.310. The number of benzene rings is 3. The van der Waals surface area contributed by atoms with Crippen LogP contribution >= 0.6 is 47.2 Å². The molecular weight excluding hydrogens is 555 g/mol. The summed E-state index contributed by atoms with van der Waals surface area (Å²) in [4.78, 5) is 27.4. The number of amides is 2. The van der Waals surface area contributed by atoms with Gasteiger partial charge in [0.2, 0.25) is 6.79 Å². The molecule has 2 aliphatic heterocycles. The topological polar surface area (TPSA) is 77.1 Å². The predicted molar refractivity (Wildman–Crippen MR) is 148 cm³/mol. The molecule has 11 heteroatoms. The molecule has 1 saturated heterocycles. The molecule has 37 heavy (non-hydrogen) atoms. The molecule has 0 unspecified atom stereocenters. The van der Waals surface area contributed by atoms with Gasteiger partial charge in [0.15, 0.2) is 18.1 Å². The van der Waals surface area contributed by atoms with Crippen molar-refractivity contribution in [1.82, 2.24) is 4.90 Å². The maximum absolute atomic E-state index is 13.1. The largest absolute Gasteiger partial charge is 0.484 e. The molecule has 0 atom stereocenters. The van der Waals surface area contributed by atoms with Gasteiger partial charge in [-0.15, -0.1) is 0 Å². The van der Waals surface area contributed by atoms with Crippen molar-refractivity contribution in [2.24, 2.45) is 0 Å². The fraction of sp³-hybridized carbons (Fsp3) is 0.115. The molecule has 1 N–H and O–H groups in total. The standard InChI is InChI=1S/C26H18Cl2N2O5S2/c27-19-6-5-17(11-20(19)28)29-24(31)13-33-18-3-1-2-15(8-18)10-23-25(32)30(26(36)37-23)12-16-4-7-21-22(9-16)35-14-34-21/h1-11H,12-14H2,(H,29,31)/b23-10-. The molecule has 0 saturated carbocycles. The van der Waals surface area contributed by atoms with Crippen LogP contribution in [0.4, 0.5) is 5.69 Å². The second kappa shape index (κ2) is 11.0. The molecule has 2 heterocycles. The highest BCUT2D eigenvalue weighted by Crippen LogP contribution is 2.36. The summed E-state index contributed by atoms with van der Waals surface area (Å²) in [6.07, 6.45) is 1.75. The first-order valence-electron chi connectivity index (χ1n) is 11.0. The summed E-state index contributed by atoms with van der Waals surface area (Å²) in [7, 11) is 0. The van der Waals surface area contributed by atoms with E-state index in [0.717, 1.165) is 11.1 Å². The molecule has 3 aromatic carbocycles. The smallest absolute Gasteiger partial charge is 0.266 e. The summed E-state index contributed by atoms with van der Waals surface area (Å²) in [5.41, 5.74) is 2.14. The van der Waals surface area contributed by atoms with Crippen LogP contribution in [0.25, 0.3) is 6.08 Å². The van der Waals surface area contributed by atoms with Gasteiger partial charge in [0.05, 0.1) is 21.5 Å². The summed E-state index contributed by atoms with van der Waals surface area (Å²) in [5.74, 6) is 1.28. The number of hydrogen-bond donors (Lipinski definition) is 1. The van der Waals surface area contributed by atoms with E-state index < -0.39 is 0 Å². The number of nitrogens with zero attached hydrogens (tertiary/aromatic N) is 1. The third kappa shape index (κ3) is 6.02. The highest BCUT2D eigenvalue weighted by molar-refractivity contribution is 8.26. The van der Waals surface area contributed by atoms with Gasteiger partial charge in [0.1, 0.15) is 10.1 Å². The Balaban J connectivity index is 1.21. The Morgan fingerprint density at radius 2 is 1.92 bits per heavy atom. The van der Waals surface area contributed by atoms with E-state index in [1.807, 2.05) is 24.3 Å². The van der Waals surface area contributed by atoms with Gasteiger partial charge in [-0.25, -0.2) is 0 Å². The number of anilines is 1. The number of halogens is 2. The van der Waals surface area contributed by atoms with Gasteiger partial charge in [-0.3, -0.25) is 14.5 Å². The van der Waals surface area contributed by atoms with Crippen LogP contribution in [0.15, 0.2) is 65.6 Å². The molecule has 5 rings (SSSR count). The second-order valence-corrected chi connectivity index (χ2v) is 10.5. The van der Waals surface area contributed by atoms with Crippen LogP contribution in [0, 0.1) is 0 Å². The van der Waals surface area contributed by atoms with E-state index in [2.05, 4.69) is 5.32 Å². The number of carbonyl (C=O) groups is 2. The summed E-state index contributed by atoms with van der Waals surface area (Å²) in [6, 6.07) is 17.5. The lowest BCUT2D eigenvalue weighted by atomic mass is 10.1. The van der Waals surface area contributed by atoms with Gasteiger partial charge in [0.25, 0.3) is 11.8 Å². The number of carbonyl (C=O) groups excluding carboxylic acids is 2. The Labute approximate surface area is 232 Å². The number of thioether (sulfide) groups is 1. The van der Waals surface area contributed by atoms with E-state index in [9.17, 15) is 9.59 Å². The Morgan fingerprint density at radius 3 is 2.76 bits per heavy atom. The van der Waals surface area contributed by atoms with Gasteiger partial charge in [-0.05, 0) is 59.7 Å². The monoisotopic (exact) mass is 572 g/mol. The van der Waals surface area contributed by atoms with Crippen molar-refractivity contribution in [3.8, 4) is 17.2 Å². The molecule has 1 fully saturated rings. The fourth-order valence-electron chi connectivity index (χ4n) is 3.62. The SMILES string of the molecule is O=C(COc1cccc(/C=C2\SC(=S)N(Cc3ccc4c(c3)OCO4)C2=O)c1)Nc1ccc(Cl)c(Cl)c1. The predicted octanol–water partition coefficient (Wildman–Crippen LogP) is 6.14. The molecule has 0 aliphatic carbocycles. The zero-order chi connectivity index (χ0) is 25.9. The van der Waals surface area contributed by atoms with Crippen LogP contribution in [0.3, 0.4) is 0 Å². The van der Waals surface area contributed by atoms with E-state index in [4.69, 9.17) is 49.6 Å². The van der Waals surface area contributed by atoms with Crippen LogP contribution in [0.2, 0.25) is 10.0 Å². The molecule has 0 spiro atoms. The molecule has 2 aliphatic rings. The second-order valence-electron chi connectivity index (χ2n) is 7.99. The number of fused-ring (bicyclic) bond motifs is 1. The third-order valence-electron chi connectivity index (χ3n) is 5.38. The van der Waals surface area contributed by atoms with Crippen LogP contribution < -0.4 is 19.5 Å². The quantitative estimate of drug-likeness (QED) is 0.269. The highest BCUT2D eigenvalue weighted by atomic mass is 35.5. The van der Waals surface area contributed by atoms with Crippen molar-refractivity contribution in [2.45, 2.75) is 6.54 Å². The van der Waals surface area contributed by atoms with Crippen molar-refractivity contribution >= 4 is 75.1 Å². The first-order valence-corrected chi connectivity index (χ1v) is 13.0. The van der Waals surface area contributed by atoms with Crippen molar-refractivity contribution in [3.05, 3.63) is 86.7 Å². The van der Waals surface area contributed by atoms with Gasteiger partial charge >= 0.3 is 0 Å². The van der Waals surface area contributed by atoms with Gasteiger partial charge in [-0.1, -0.05) is 65.4 Å². The minimum Gasteiger partial charge on any atom is -0.484 e. The molecule has 188 valence electrons. The van der Waals surface area contributed by atoms with E-state index in [1.54, 1.807) is 47.4 Å². The van der Waals surface area contributed by atoms with Crippen molar-refractivity contribution < 1.29 is 23.8 Å². The van der Waals surface area contributed by atoms with Crippen molar-refractivity contribution in [3.63, 3.8) is 0 Å². The minimum absolute atomic E-state index is 0.181. The van der Waals surface area contributed by atoms with E-state index in [0.29, 0.717) is 48.8 Å². The Morgan fingerprint density at radius 1 is 1.08 bits per heavy atom. The number of thiocarbonyl (C=S) groups is 1.